The molecule has 1 saturated heterocycles. The van der Waals surface area contributed by atoms with Crippen molar-refractivity contribution in [3.63, 3.8) is 0 Å². The number of likely N-dealkylation sites (tertiary alicyclic amines) is 1. The highest BCUT2D eigenvalue weighted by molar-refractivity contribution is 7.97. The zero-order valence-corrected chi connectivity index (χ0v) is 31.6. The number of rotatable bonds is 11. The van der Waals surface area contributed by atoms with Crippen molar-refractivity contribution in [3.8, 4) is 11.7 Å². The average molecular weight is 724 g/mol. The van der Waals surface area contributed by atoms with Gasteiger partial charge >= 0.3 is 6.09 Å². The number of hydrogen-bond acceptors (Lipinski definition) is 9. The Balaban J connectivity index is 0.000000261. The summed E-state index contributed by atoms with van der Waals surface area (Å²) in [6, 6.07) is 10.8. The predicted molar refractivity (Wildman–Crippen MR) is 196 cm³/mol. The number of carbonyl (C=O) groups is 2. The van der Waals surface area contributed by atoms with Crippen molar-refractivity contribution in [2.75, 3.05) is 25.0 Å². The number of carbonyl (C=O) groups excluding carboxylic acids is 2. The van der Waals surface area contributed by atoms with Crippen molar-refractivity contribution in [2.45, 2.75) is 109 Å². The van der Waals surface area contributed by atoms with Gasteiger partial charge in [0, 0.05) is 42.8 Å². The monoisotopic (exact) mass is 723 g/mol. The molecule has 3 aromatic heterocycles. The molecule has 4 aliphatic rings. The summed E-state index contributed by atoms with van der Waals surface area (Å²) in [6.07, 6.45) is 11.6. The lowest BCUT2D eigenvalue weighted by Crippen LogP contribution is -2.45. The third kappa shape index (κ3) is 8.01. The highest BCUT2D eigenvalue weighted by atomic mass is 35.5. The third-order valence-corrected chi connectivity index (χ3v) is 11.4. The summed E-state index contributed by atoms with van der Waals surface area (Å²) in [5.74, 6) is 2.39. The maximum atomic E-state index is 12.7. The molecule has 0 atom stereocenters. The zero-order chi connectivity index (χ0) is 35.7. The number of hydrogen-bond donors (Lipinski definition) is 2. The van der Waals surface area contributed by atoms with Crippen LogP contribution in [-0.4, -0.2) is 67.5 Å². The molecule has 3 saturated carbocycles. The lowest BCUT2D eigenvalue weighted by molar-refractivity contribution is 0.0134. The van der Waals surface area contributed by atoms with Gasteiger partial charge in [-0.25, -0.2) is 19.4 Å². The number of halogens is 1. The molecule has 7 rings (SSSR count). The first kappa shape index (κ1) is 36.3. The van der Waals surface area contributed by atoms with E-state index in [9.17, 15) is 9.59 Å². The van der Waals surface area contributed by atoms with Crippen LogP contribution in [0.2, 0.25) is 5.15 Å². The first-order valence-electron chi connectivity index (χ1n) is 17.8. The molecule has 2 amide bonds. The number of pyridine rings is 2. The topological polar surface area (TPSA) is 124 Å². The van der Waals surface area contributed by atoms with E-state index in [1.807, 2.05) is 49.9 Å². The molecule has 11 nitrogen and oxygen atoms in total. The van der Waals surface area contributed by atoms with Gasteiger partial charge in [0.05, 0.1) is 12.2 Å². The van der Waals surface area contributed by atoms with Crippen LogP contribution in [0.3, 0.4) is 0 Å². The molecule has 0 bridgehead atoms. The van der Waals surface area contributed by atoms with Gasteiger partial charge in [-0.3, -0.25) is 9.52 Å². The predicted octanol–water partition coefficient (Wildman–Crippen LogP) is 8.33. The van der Waals surface area contributed by atoms with Gasteiger partial charge < -0.3 is 19.7 Å². The van der Waals surface area contributed by atoms with E-state index in [2.05, 4.69) is 45.9 Å². The average Bonchev–Trinajstić information content (AvgIpc) is 4.01. The van der Waals surface area contributed by atoms with Crippen LogP contribution in [-0.2, 0) is 4.74 Å². The van der Waals surface area contributed by atoms with Crippen LogP contribution < -0.4 is 14.8 Å². The zero-order valence-electron chi connectivity index (χ0n) is 30.1. The van der Waals surface area contributed by atoms with Gasteiger partial charge in [0.15, 0.2) is 5.82 Å². The van der Waals surface area contributed by atoms with Gasteiger partial charge in [-0.05, 0) is 127 Å². The van der Waals surface area contributed by atoms with E-state index in [0.29, 0.717) is 34.2 Å². The Hall–Kier alpha value is -3.51. The van der Waals surface area contributed by atoms with E-state index >= 15 is 0 Å². The molecule has 4 fully saturated rings. The van der Waals surface area contributed by atoms with Crippen molar-refractivity contribution < 1.29 is 19.1 Å². The molecule has 0 unspecified atom stereocenters. The summed E-state index contributed by atoms with van der Waals surface area (Å²) in [4.78, 5) is 35.1. The maximum Gasteiger partial charge on any atom is 0.410 e. The van der Waals surface area contributed by atoms with Crippen LogP contribution in [0.1, 0.15) is 103 Å². The van der Waals surface area contributed by atoms with Crippen molar-refractivity contribution >= 4 is 41.4 Å². The highest BCUT2D eigenvalue weighted by Gasteiger charge is 2.85. The molecule has 0 aromatic carbocycles. The number of nitrogens with zero attached hydrogens (tertiary/aromatic N) is 5. The second kappa shape index (κ2) is 14.3. The van der Waals surface area contributed by atoms with Gasteiger partial charge in [-0.1, -0.05) is 24.6 Å². The number of aromatic nitrogens is 4. The normalized spacial score (nSPS) is 19.1. The van der Waals surface area contributed by atoms with Gasteiger partial charge in [0.1, 0.15) is 21.6 Å². The standard InChI is InChI=1S/C26H29ClN6O2S.C11H21NO2/c1-2-14-28-19-4-3-5-22(29-19)36-32-24(34)17-6-7-20(30-23(17)27)33-15-8-21(31-33)35-16-9-18-25(10-11-25)26(18)12-13-26;1-10(2,3)14-9(13)12-8-6-7-11(12,4)5/h3-8,15,18H,2,9-14,16H2,1H3,(H,28,29)(H,32,34);6-8H2,1-5H3. The molecule has 4 heterocycles. The van der Waals surface area contributed by atoms with Gasteiger partial charge in [0.25, 0.3) is 5.91 Å². The molecular weight excluding hydrogens is 674 g/mol. The van der Waals surface area contributed by atoms with Gasteiger partial charge in [0.2, 0.25) is 5.88 Å². The van der Waals surface area contributed by atoms with Crippen molar-refractivity contribution in [1.29, 1.82) is 0 Å². The number of ether oxygens (including phenoxy) is 2. The van der Waals surface area contributed by atoms with E-state index < -0.39 is 5.60 Å². The fourth-order valence-electron chi connectivity index (χ4n) is 7.61. The Morgan fingerprint density at radius 3 is 2.40 bits per heavy atom. The molecule has 3 aliphatic carbocycles. The molecule has 50 heavy (non-hydrogen) atoms. The summed E-state index contributed by atoms with van der Waals surface area (Å²) in [5.41, 5.74) is 1.26. The van der Waals surface area contributed by atoms with Crippen LogP contribution in [0.25, 0.3) is 5.82 Å². The van der Waals surface area contributed by atoms with Crippen LogP contribution in [0.15, 0.2) is 47.6 Å². The van der Waals surface area contributed by atoms with Gasteiger partial charge in [-0.2, -0.15) is 0 Å². The lowest BCUT2D eigenvalue weighted by atomic mass is 10.0. The number of nitrogens with one attached hydrogen (secondary N) is 2. The highest BCUT2D eigenvalue weighted by Crippen LogP contribution is 2.93. The summed E-state index contributed by atoms with van der Waals surface area (Å²) < 4.78 is 15.7. The fraction of sp³-hybridized carbons (Fsp3) is 0.595. The molecule has 13 heteroatoms. The molecule has 2 N–H and O–H groups in total. The summed E-state index contributed by atoms with van der Waals surface area (Å²) in [6.45, 7) is 14.3. The second-order valence-corrected chi connectivity index (χ2v) is 16.7. The Morgan fingerprint density at radius 1 is 1.04 bits per heavy atom. The molecular formula is C37H50ClN7O4S. The van der Waals surface area contributed by atoms with Crippen LogP contribution >= 0.6 is 23.5 Å². The Labute approximate surface area is 304 Å². The first-order valence-corrected chi connectivity index (χ1v) is 19.0. The Bertz CT molecular complexity index is 1680. The largest absolute Gasteiger partial charge is 0.477 e. The molecule has 3 aromatic rings. The lowest BCUT2D eigenvalue weighted by Gasteiger charge is -2.33. The van der Waals surface area contributed by atoms with E-state index in [1.165, 1.54) is 25.7 Å². The van der Waals surface area contributed by atoms with Crippen LogP contribution in [0, 0.1) is 16.7 Å². The Kier molecular flexibility index (Phi) is 10.3. The number of amides is 2. The SMILES string of the molecule is CC(C)(C)OC(=O)N1CCCC1(C)C.CCCNc1cccc(SNC(=O)c2ccc(-n3ccc(OCCC4C5(CC5)C45CC5)n3)nc2Cl)n1. The smallest absolute Gasteiger partial charge is 0.410 e. The molecule has 0 radical (unpaired) electrons. The summed E-state index contributed by atoms with van der Waals surface area (Å²) in [5, 5.41) is 8.49. The molecule has 2 spiro atoms. The third-order valence-electron chi connectivity index (χ3n) is 10.4. The van der Waals surface area contributed by atoms with Crippen molar-refractivity contribution in [3.05, 3.63) is 53.3 Å². The summed E-state index contributed by atoms with van der Waals surface area (Å²) in [7, 11) is 0. The number of anilines is 1. The minimum atomic E-state index is -0.393. The second-order valence-electron chi connectivity index (χ2n) is 15.5. The van der Waals surface area contributed by atoms with Crippen LogP contribution in [0.4, 0.5) is 10.6 Å². The fourth-order valence-corrected chi connectivity index (χ4v) is 8.44. The van der Waals surface area contributed by atoms with E-state index in [1.54, 1.807) is 23.0 Å². The van der Waals surface area contributed by atoms with Crippen molar-refractivity contribution in [1.82, 2.24) is 29.4 Å². The number of fused-ring (bicyclic) bond motifs is 1. The van der Waals surface area contributed by atoms with Crippen molar-refractivity contribution in [2.24, 2.45) is 16.7 Å². The molecule has 1 aliphatic heterocycles. The summed E-state index contributed by atoms with van der Waals surface area (Å²) >= 11 is 7.49. The first-order chi connectivity index (χ1) is 23.8. The quantitative estimate of drug-likeness (QED) is 0.148. The van der Waals surface area contributed by atoms with E-state index in [0.717, 1.165) is 62.5 Å². The minimum Gasteiger partial charge on any atom is -0.477 e. The minimum absolute atomic E-state index is 0.0394. The molecule has 270 valence electrons. The van der Waals surface area contributed by atoms with E-state index in [4.69, 9.17) is 21.1 Å². The van der Waals surface area contributed by atoms with Crippen LogP contribution in [0.5, 0.6) is 5.88 Å². The Morgan fingerprint density at radius 2 is 1.78 bits per heavy atom. The van der Waals surface area contributed by atoms with Gasteiger partial charge in [-0.15, -0.1) is 5.10 Å². The maximum absolute atomic E-state index is 12.7. The van der Waals surface area contributed by atoms with E-state index in [-0.39, 0.29) is 28.3 Å².